The summed E-state index contributed by atoms with van der Waals surface area (Å²) in [6, 6.07) is 4.57. The zero-order valence-electron chi connectivity index (χ0n) is 9.99. The monoisotopic (exact) mass is 239 g/mol. The van der Waals surface area contributed by atoms with Crippen molar-refractivity contribution in [1.29, 1.82) is 0 Å². The number of methoxy groups -OCH3 is 1. The summed E-state index contributed by atoms with van der Waals surface area (Å²) in [6.07, 6.45) is 2.91. The van der Waals surface area contributed by atoms with Crippen molar-refractivity contribution in [2.24, 2.45) is 5.73 Å². The lowest BCUT2D eigenvalue weighted by atomic mass is 10.0. The van der Waals surface area contributed by atoms with E-state index in [1.807, 2.05) is 0 Å². The predicted octanol–water partition coefficient (Wildman–Crippen LogP) is 1.88. The van der Waals surface area contributed by atoms with E-state index < -0.39 is 0 Å². The molecule has 0 saturated carbocycles. The van der Waals surface area contributed by atoms with Crippen molar-refractivity contribution in [1.82, 2.24) is 0 Å². The molecule has 0 amide bonds. The number of halogens is 1. The number of hydrogen-bond donors (Lipinski definition) is 1. The van der Waals surface area contributed by atoms with Gasteiger partial charge in [0.15, 0.2) is 0 Å². The van der Waals surface area contributed by atoms with E-state index in [2.05, 4.69) is 0 Å². The molecule has 1 aliphatic heterocycles. The molecule has 0 aromatic heterocycles. The molecular weight excluding hydrogens is 221 g/mol. The van der Waals surface area contributed by atoms with Gasteiger partial charge in [-0.3, -0.25) is 0 Å². The summed E-state index contributed by atoms with van der Waals surface area (Å²) in [5.41, 5.74) is 6.42. The Labute approximate surface area is 101 Å². The minimum absolute atomic E-state index is 0.124. The van der Waals surface area contributed by atoms with Gasteiger partial charge < -0.3 is 15.2 Å². The number of hydrogen-bond acceptors (Lipinski definition) is 3. The van der Waals surface area contributed by atoms with Crippen molar-refractivity contribution in [2.75, 3.05) is 13.7 Å². The average Bonchev–Trinajstić information content (AvgIpc) is 2.77. The van der Waals surface area contributed by atoms with Crippen molar-refractivity contribution in [3.05, 3.63) is 29.6 Å². The molecule has 4 heteroatoms. The van der Waals surface area contributed by atoms with Gasteiger partial charge >= 0.3 is 0 Å². The Morgan fingerprint density at radius 3 is 2.82 bits per heavy atom. The molecule has 1 heterocycles. The molecule has 3 nitrogen and oxygen atoms in total. The maximum atomic E-state index is 13.2. The van der Waals surface area contributed by atoms with Gasteiger partial charge in [0.2, 0.25) is 0 Å². The first-order valence-corrected chi connectivity index (χ1v) is 5.91. The summed E-state index contributed by atoms with van der Waals surface area (Å²) in [7, 11) is 1.59. The SMILES string of the molecule is COc1ccc(F)cc1CC1CC[C@@H](CN)O1. The Kier molecular flexibility index (Phi) is 3.97. The van der Waals surface area contributed by atoms with Gasteiger partial charge in [0.05, 0.1) is 19.3 Å². The van der Waals surface area contributed by atoms with Crippen LogP contribution in [0, 0.1) is 5.82 Å². The molecule has 0 bridgehead atoms. The molecule has 1 fully saturated rings. The summed E-state index contributed by atoms with van der Waals surface area (Å²) < 4.78 is 24.2. The van der Waals surface area contributed by atoms with E-state index in [0.717, 1.165) is 18.4 Å². The molecule has 17 heavy (non-hydrogen) atoms. The fraction of sp³-hybridized carbons (Fsp3) is 0.538. The zero-order chi connectivity index (χ0) is 12.3. The van der Waals surface area contributed by atoms with Crippen LogP contribution in [0.5, 0.6) is 5.75 Å². The molecule has 0 radical (unpaired) electrons. The Balaban J connectivity index is 2.05. The van der Waals surface area contributed by atoms with E-state index in [0.29, 0.717) is 18.7 Å². The first kappa shape index (κ1) is 12.3. The van der Waals surface area contributed by atoms with Crippen molar-refractivity contribution >= 4 is 0 Å². The Morgan fingerprint density at radius 2 is 2.18 bits per heavy atom. The van der Waals surface area contributed by atoms with Crippen LogP contribution in [-0.4, -0.2) is 25.9 Å². The maximum absolute atomic E-state index is 13.2. The second kappa shape index (κ2) is 5.47. The molecule has 2 rings (SSSR count). The van der Waals surface area contributed by atoms with Gasteiger partial charge in [-0.1, -0.05) is 0 Å². The highest BCUT2D eigenvalue weighted by Crippen LogP contribution is 2.27. The van der Waals surface area contributed by atoms with Crippen LogP contribution in [0.4, 0.5) is 4.39 Å². The standard InChI is InChI=1S/C13H18FNO2/c1-16-13-5-2-10(14)6-9(13)7-11-3-4-12(8-15)17-11/h2,5-6,11-12H,3-4,7-8,15H2,1H3/t11?,12-/m0/s1. The third kappa shape index (κ3) is 2.96. The van der Waals surface area contributed by atoms with Gasteiger partial charge in [-0.25, -0.2) is 4.39 Å². The molecule has 1 aromatic carbocycles. The van der Waals surface area contributed by atoms with Crippen molar-refractivity contribution < 1.29 is 13.9 Å². The number of rotatable bonds is 4. The van der Waals surface area contributed by atoms with Gasteiger partial charge in [0.1, 0.15) is 11.6 Å². The quantitative estimate of drug-likeness (QED) is 0.872. The summed E-state index contributed by atoms with van der Waals surface area (Å²) in [4.78, 5) is 0. The average molecular weight is 239 g/mol. The second-order valence-electron chi connectivity index (χ2n) is 4.35. The summed E-state index contributed by atoms with van der Waals surface area (Å²) >= 11 is 0. The van der Waals surface area contributed by atoms with Crippen molar-refractivity contribution in [3.8, 4) is 5.75 Å². The van der Waals surface area contributed by atoms with Crippen molar-refractivity contribution in [2.45, 2.75) is 31.5 Å². The molecule has 1 aromatic rings. The normalized spacial score (nSPS) is 23.9. The van der Waals surface area contributed by atoms with Gasteiger partial charge in [-0.05, 0) is 36.6 Å². The Bertz CT molecular complexity index is 384. The van der Waals surface area contributed by atoms with Gasteiger partial charge in [0, 0.05) is 13.0 Å². The molecule has 2 atom stereocenters. The number of nitrogens with two attached hydrogens (primary N) is 1. The molecule has 1 aliphatic rings. The van der Waals surface area contributed by atoms with Crippen LogP contribution >= 0.6 is 0 Å². The third-order valence-electron chi connectivity index (χ3n) is 3.15. The third-order valence-corrected chi connectivity index (χ3v) is 3.15. The zero-order valence-corrected chi connectivity index (χ0v) is 9.99. The fourth-order valence-electron chi connectivity index (χ4n) is 2.26. The highest BCUT2D eigenvalue weighted by Gasteiger charge is 2.25. The lowest BCUT2D eigenvalue weighted by molar-refractivity contribution is 0.0504. The van der Waals surface area contributed by atoms with Gasteiger partial charge in [0.25, 0.3) is 0 Å². The fourth-order valence-corrected chi connectivity index (χ4v) is 2.26. The highest BCUT2D eigenvalue weighted by atomic mass is 19.1. The second-order valence-corrected chi connectivity index (χ2v) is 4.35. The first-order chi connectivity index (χ1) is 8.22. The Hall–Kier alpha value is -1.13. The van der Waals surface area contributed by atoms with E-state index in [4.69, 9.17) is 15.2 Å². The van der Waals surface area contributed by atoms with Crippen LogP contribution in [0.15, 0.2) is 18.2 Å². The molecule has 1 saturated heterocycles. The van der Waals surface area contributed by atoms with E-state index in [1.165, 1.54) is 12.1 Å². The molecule has 2 N–H and O–H groups in total. The minimum Gasteiger partial charge on any atom is -0.496 e. The van der Waals surface area contributed by atoms with Crippen LogP contribution in [-0.2, 0) is 11.2 Å². The van der Waals surface area contributed by atoms with Crippen LogP contribution in [0.1, 0.15) is 18.4 Å². The number of ether oxygens (including phenoxy) is 2. The van der Waals surface area contributed by atoms with E-state index in [-0.39, 0.29) is 18.0 Å². The molecular formula is C13H18FNO2. The number of benzene rings is 1. The lowest BCUT2D eigenvalue weighted by Crippen LogP contribution is -2.21. The lowest BCUT2D eigenvalue weighted by Gasteiger charge is -2.14. The maximum Gasteiger partial charge on any atom is 0.123 e. The first-order valence-electron chi connectivity index (χ1n) is 5.91. The minimum atomic E-state index is -0.242. The van der Waals surface area contributed by atoms with Crippen LogP contribution in [0.25, 0.3) is 0 Å². The largest absolute Gasteiger partial charge is 0.496 e. The van der Waals surface area contributed by atoms with Crippen molar-refractivity contribution in [3.63, 3.8) is 0 Å². The molecule has 0 spiro atoms. The van der Waals surface area contributed by atoms with Crippen LogP contribution < -0.4 is 10.5 Å². The van der Waals surface area contributed by atoms with Crippen LogP contribution in [0.2, 0.25) is 0 Å². The molecule has 0 aliphatic carbocycles. The summed E-state index contributed by atoms with van der Waals surface area (Å²) in [5.74, 6) is 0.473. The highest BCUT2D eigenvalue weighted by molar-refractivity contribution is 5.34. The van der Waals surface area contributed by atoms with E-state index >= 15 is 0 Å². The van der Waals surface area contributed by atoms with Gasteiger partial charge in [-0.2, -0.15) is 0 Å². The summed E-state index contributed by atoms with van der Waals surface area (Å²) in [6.45, 7) is 0.552. The molecule has 94 valence electrons. The Morgan fingerprint density at radius 1 is 1.41 bits per heavy atom. The predicted molar refractivity (Wildman–Crippen MR) is 63.6 cm³/mol. The van der Waals surface area contributed by atoms with Crippen LogP contribution in [0.3, 0.4) is 0 Å². The van der Waals surface area contributed by atoms with Gasteiger partial charge in [-0.15, -0.1) is 0 Å². The van der Waals surface area contributed by atoms with E-state index in [9.17, 15) is 4.39 Å². The summed E-state index contributed by atoms with van der Waals surface area (Å²) in [5, 5.41) is 0. The van der Waals surface area contributed by atoms with E-state index in [1.54, 1.807) is 13.2 Å². The molecule has 1 unspecified atom stereocenters. The topological polar surface area (TPSA) is 44.5 Å². The smallest absolute Gasteiger partial charge is 0.123 e.